The molecule has 2 amide bonds. The summed E-state index contributed by atoms with van der Waals surface area (Å²) in [4.78, 5) is 26.3. The van der Waals surface area contributed by atoms with E-state index in [-0.39, 0.29) is 10.7 Å². The fourth-order valence-corrected chi connectivity index (χ4v) is 3.05. The molecule has 4 nitrogen and oxygen atoms in total. The number of para-hydroxylation sites is 1. The molecule has 0 radical (unpaired) electrons. The summed E-state index contributed by atoms with van der Waals surface area (Å²) in [5, 5.41) is 3.22. The predicted octanol–water partition coefficient (Wildman–Crippen LogP) is 3.82. The van der Waals surface area contributed by atoms with E-state index in [4.69, 9.17) is 35.4 Å². The third-order valence-corrected chi connectivity index (χ3v) is 4.35. The number of halogens is 2. The summed E-state index contributed by atoms with van der Waals surface area (Å²) < 4.78 is 0. The molecule has 0 bridgehead atoms. The Balaban J connectivity index is 2.08. The van der Waals surface area contributed by atoms with Crippen LogP contribution in [0.15, 0.2) is 54.1 Å². The Morgan fingerprint density at radius 1 is 0.958 bits per heavy atom. The summed E-state index contributed by atoms with van der Waals surface area (Å²) in [6.07, 6.45) is 1.38. The largest absolute Gasteiger partial charge is 0.298 e. The zero-order valence-corrected chi connectivity index (χ0v) is 14.5. The Hall–Kier alpha value is -2.21. The van der Waals surface area contributed by atoms with Crippen molar-refractivity contribution >= 4 is 64.1 Å². The minimum Gasteiger partial charge on any atom is -0.298 e. The maximum absolute atomic E-state index is 12.8. The van der Waals surface area contributed by atoms with Crippen LogP contribution in [0, 0.1) is 0 Å². The summed E-state index contributed by atoms with van der Waals surface area (Å²) in [6, 6.07) is 13.8. The molecule has 2 aromatic rings. The van der Waals surface area contributed by atoms with Gasteiger partial charge in [0.05, 0.1) is 5.69 Å². The Kier molecular flexibility index (Phi) is 4.66. The average Bonchev–Trinajstić information content (AvgIpc) is 2.54. The number of carbonyl (C=O) groups excluding carboxylic acids is 2. The second-order valence-corrected chi connectivity index (χ2v) is 6.13. The predicted molar refractivity (Wildman–Crippen MR) is 99.1 cm³/mol. The molecule has 120 valence electrons. The molecule has 1 aliphatic heterocycles. The first kappa shape index (κ1) is 16.6. The van der Waals surface area contributed by atoms with Gasteiger partial charge in [-0.3, -0.25) is 19.8 Å². The normalized spacial score (nSPS) is 16.5. The van der Waals surface area contributed by atoms with Gasteiger partial charge in [-0.1, -0.05) is 47.5 Å². The second kappa shape index (κ2) is 6.73. The Morgan fingerprint density at radius 2 is 1.58 bits per heavy atom. The molecule has 1 heterocycles. The minimum absolute atomic E-state index is 0.0265. The van der Waals surface area contributed by atoms with Crippen molar-refractivity contribution in [1.82, 2.24) is 5.32 Å². The van der Waals surface area contributed by atoms with Crippen LogP contribution < -0.4 is 10.2 Å². The lowest BCUT2D eigenvalue weighted by Crippen LogP contribution is -2.54. The van der Waals surface area contributed by atoms with E-state index in [1.165, 1.54) is 11.0 Å². The number of amides is 2. The lowest BCUT2D eigenvalue weighted by Gasteiger charge is -2.28. The van der Waals surface area contributed by atoms with Crippen molar-refractivity contribution < 1.29 is 9.59 Å². The van der Waals surface area contributed by atoms with Gasteiger partial charge >= 0.3 is 0 Å². The number of nitrogens with one attached hydrogen (secondary N) is 1. The molecule has 0 aliphatic carbocycles. The topological polar surface area (TPSA) is 49.4 Å². The molecule has 2 aromatic carbocycles. The fraction of sp³-hybridized carbons (Fsp3) is 0. The van der Waals surface area contributed by atoms with Crippen LogP contribution in [0.2, 0.25) is 10.0 Å². The van der Waals surface area contributed by atoms with Crippen LogP contribution in [0.5, 0.6) is 0 Å². The van der Waals surface area contributed by atoms with E-state index in [1.807, 2.05) is 6.07 Å². The number of nitrogens with zero attached hydrogens (tertiary/aromatic N) is 1. The molecular weight excluding hydrogens is 367 g/mol. The SMILES string of the molecule is O=C1NC(=S)N(c2ccccc2)C(=O)/C1=C\c1c(Cl)cccc1Cl. The Labute approximate surface area is 153 Å². The van der Waals surface area contributed by atoms with Crippen LogP contribution in [0.25, 0.3) is 6.08 Å². The number of anilines is 1. The number of hydrogen-bond acceptors (Lipinski definition) is 3. The molecule has 7 heteroatoms. The van der Waals surface area contributed by atoms with Gasteiger partial charge in [0.15, 0.2) is 5.11 Å². The van der Waals surface area contributed by atoms with Crippen LogP contribution in [0.1, 0.15) is 5.56 Å². The zero-order valence-electron chi connectivity index (χ0n) is 12.1. The van der Waals surface area contributed by atoms with Crippen molar-refractivity contribution in [2.24, 2.45) is 0 Å². The lowest BCUT2D eigenvalue weighted by molar-refractivity contribution is -0.122. The second-order valence-electron chi connectivity index (χ2n) is 4.93. The monoisotopic (exact) mass is 376 g/mol. The van der Waals surface area contributed by atoms with Gasteiger partial charge in [-0.25, -0.2) is 0 Å². The number of carbonyl (C=O) groups is 2. The van der Waals surface area contributed by atoms with Crippen molar-refractivity contribution in [3.8, 4) is 0 Å². The quantitative estimate of drug-likeness (QED) is 0.492. The molecule has 24 heavy (non-hydrogen) atoms. The third-order valence-electron chi connectivity index (χ3n) is 3.40. The molecule has 0 saturated carbocycles. The summed E-state index contributed by atoms with van der Waals surface area (Å²) in [6.45, 7) is 0. The summed E-state index contributed by atoms with van der Waals surface area (Å²) >= 11 is 17.4. The fourth-order valence-electron chi connectivity index (χ4n) is 2.26. The highest BCUT2D eigenvalue weighted by atomic mass is 35.5. The van der Waals surface area contributed by atoms with E-state index in [0.717, 1.165) is 0 Å². The first-order valence-electron chi connectivity index (χ1n) is 6.89. The molecule has 0 spiro atoms. The summed E-state index contributed by atoms with van der Waals surface area (Å²) in [5.41, 5.74) is 0.867. The molecule has 1 N–H and O–H groups in total. The standard InChI is InChI=1S/C17H10Cl2N2O2S/c18-13-7-4-8-14(19)11(13)9-12-15(22)20-17(24)21(16(12)23)10-5-2-1-3-6-10/h1-9H,(H,20,22,24)/b12-9-. The molecular formula is C17H10Cl2N2O2S. The maximum atomic E-state index is 12.8. The first-order valence-corrected chi connectivity index (χ1v) is 8.06. The van der Waals surface area contributed by atoms with Crippen LogP contribution in [0.3, 0.4) is 0 Å². The highest BCUT2D eigenvalue weighted by Crippen LogP contribution is 2.28. The van der Waals surface area contributed by atoms with Crippen molar-refractivity contribution in [3.63, 3.8) is 0 Å². The van der Waals surface area contributed by atoms with Gasteiger partial charge in [0, 0.05) is 15.6 Å². The van der Waals surface area contributed by atoms with Crippen molar-refractivity contribution in [2.45, 2.75) is 0 Å². The van der Waals surface area contributed by atoms with Crippen molar-refractivity contribution in [1.29, 1.82) is 0 Å². The van der Waals surface area contributed by atoms with Gasteiger partial charge in [0.1, 0.15) is 5.57 Å². The number of rotatable bonds is 2. The van der Waals surface area contributed by atoms with Crippen LogP contribution in [-0.2, 0) is 9.59 Å². The molecule has 1 fully saturated rings. The van der Waals surface area contributed by atoms with E-state index in [0.29, 0.717) is 21.3 Å². The molecule has 0 unspecified atom stereocenters. The van der Waals surface area contributed by atoms with Gasteiger partial charge in [-0.2, -0.15) is 0 Å². The van der Waals surface area contributed by atoms with Gasteiger partial charge < -0.3 is 0 Å². The van der Waals surface area contributed by atoms with Crippen LogP contribution >= 0.6 is 35.4 Å². The highest BCUT2D eigenvalue weighted by molar-refractivity contribution is 7.80. The van der Waals surface area contributed by atoms with Crippen molar-refractivity contribution in [3.05, 3.63) is 69.7 Å². The van der Waals surface area contributed by atoms with Crippen LogP contribution in [0.4, 0.5) is 5.69 Å². The molecule has 1 aliphatic rings. The molecule has 0 atom stereocenters. The van der Waals surface area contributed by atoms with Gasteiger partial charge in [-0.15, -0.1) is 0 Å². The maximum Gasteiger partial charge on any atom is 0.270 e. The number of thiocarbonyl (C=S) groups is 1. The van der Waals surface area contributed by atoms with E-state index in [2.05, 4.69) is 5.32 Å². The number of hydrogen-bond donors (Lipinski definition) is 1. The average molecular weight is 377 g/mol. The van der Waals surface area contributed by atoms with E-state index in [1.54, 1.807) is 42.5 Å². The van der Waals surface area contributed by atoms with E-state index in [9.17, 15) is 9.59 Å². The van der Waals surface area contributed by atoms with Crippen LogP contribution in [-0.4, -0.2) is 16.9 Å². The smallest absolute Gasteiger partial charge is 0.270 e. The minimum atomic E-state index is -0.590. The lowest BCUT2D eigenvalue weighted by atomic mass is 10.1. The van der Waals surface area contributed by atoms with Gasteiger partial charge in [-0.05, 0) is 42.6 Å². The summed E-state index contributed by atoms with van der Waals surface area (Å²) in [7, 11) is 0. The first-order chi connectivity index (χ1) is 11.5. The van der Waals surface area contributed by atoms with E-state index >= 15 is 0 Å². The number of benzene rings is 2. The summed E-state index contributed by atoms with van der Waals surface area (Å²) in [5.74, 6) is -1.13. The van der Waals surface area contributed by atoms with Gasteiger partial charge in [0.2, 0.25) is 0 Å². The Morgan fingerprint density at radius 3 is 2.21 bits per heavy atom. The van der Waals surface area contributed by atoms with Gasteiger partial charge in [0.25, 0.3) is 11.8 Å². The Bertz CT molecular complexity index is 861. The van der Waals surface area contributed by atoms with Crippen molar-refractivity contribution in [2.75, 3.05) is 4.90 Å². The molecule has 1 saturated heterocycles. The third kappa shape index (κ3) is 3.06. The zero-order chi connectivity index (χ0) is 17.3. The van der Waals surface area contributed by atoms with E-state index < -0.39 is 11.8 Å². The molecule has 3 rings (SSSR count). The molecule has 0 aromatic heterocycles. The highest BCUT2D eigenvalue weighted by Gasteiger charge is 2.34.